The third-order valence-electron chi connectivity index (χ3n) is 4.43. The summed E-state index contributed by atoms with van der Waals surface area (Å²) in [5.74, 6) is 0.428. The van der Waals surface area contributed by atoms with E-state index in [2.05, 4.69) is 32.2 Å². The Morgan fingerprint density at radius 3 is 2.38 bits per heavy atom. The zero-order valence-corrected chi connectivity index (χ0v) is 15.3. The molecule has 2 rings (SSSR count). The maximum Gasteiger partial charge on any atom is 0.279 e. The number of para-hydroxylation sites is 1. The summed E-state index contributed by atoms with van der Waals surface area (Å²) in [7, 11) is 0. The minimum Gasteiger partial charge on any atom is -0.332 e. The number of hydrogen-bond donors (Lipinski definition) is 2. The third kappa shape index (κ3) is 4.83. The Bertz CT molecular complexity index is 687. The van der Waals surface area contributed by atoms with Gasteiger partial charge in [0.25, 0.3) is 5.91 Å². The summed E-state index contributed by atoms with van der Waals surface area (Å²) >= 11 is 6.22. The molecule has 0 saturated carbocycles. The van der Waals surface area contributed by atoms with Gasteiger partial charge in [0.15, 0.2) is 6.54 Å². The monoisotopic (exact) mass is 345 g/mol. The molecule has 0 bridgehead atoms. The van der Waals surface area contributed by atoms with Crippen molar-refractivity contribution in [1.29, 1.82) is 0 Å². The van der Waals surface area contributed by atoms with Crippen molar-refractivity contribution in [3.63, 3.8) is 0 Å². The van der Waals surface area contributed by atoms with Gasteiger partial charge in [-0.2, -0.15) is 0 Å². The second-order valence-electron chi connectivity index (χ2n) is 6.19. The number of amides is 1. The normalized spacial score (nSPS) is 13.3. The van der Waals surface area contributed by atoms with E-state index in [9.17, 15) is 4.79 Å². The Balaban J connectivity index is 1.96. The van der Waals surface area contributed by atoms with Crippen LogP contribution in [0.1, 0.15) is 50.3 Å². The molecule has 3 N–H and O–H groups in total. The number of hydrogen-bond acceptors (Lipinski definition) is 1. The third-order valence-corrected chi connectivity index (χ3v) is 4.77. The lowest BCUT2D eigenvalue weighted by atomic mass is 9.97. The highest BCUT2D eigenvalue weighted by Crippen LogP contribution is 2.26. The summed E-state index contributed by atoms with van der Waals surface area (Å²) in [5, 5.41) is 5.79. The van der Waals surface area contributed by atoms with Crippen LogP contribution in [0.25, 0.3) is 0 Å². The lowest BCUT2D eigenvalue weighted by Crippen LogP contribution is -2.86. The number of carbonyl (C=O) groups excluding carboxylic acids is 1. The van der Waals surface area contributed by atoms with E-state index in [0.717, 1.165) is 22.7 Å². The summed E-state index contributed by atoms with van der Waals surface area (Å²) in [6.45, 7) is 6.75. The topological polar surface area (TPSA) is 45.7 Å². The van der Waals surface area contributed by atoms with E-state index in [0.29, 0.717) is 12.5 Å². The van der Waals surface area contributed by atoms with E-state index in [4.69, 9.17) is 11.6 Å². The highest BCUT2D eigenvalue weighted by atomic mass is 35.5. The minimum atomic E-state index is 0.00431. The van der Waals surface area contributed by atoms with Gasteiger partial charge in [0.2, 0.25) is 0 Å². The van der Waals surface area contributed by atoms with Crippen LogP contribution in [-0.2, 0) is 4.79 Å². The minimum absolute atomic E-state index is 0.00431. The first kappa shape index (κ1) is 18.5. The molecule has 0 aromatic heterocycles. The fourth-order valence-electron chi connectivity index (χ4n) is 2.72. The maximum absolute atomic E-state index is 12.3. The number of benzene rings is 2. The molecule has 0 unspecified atom stereocenters. The predicted molar refractivity (Wildman–Crippen MR) is 100 cm³/mol. The van der Waals surface area contributed by atoms with Crippen LogP contribution in [0.5, 0.6) is 0 Å². The van der Waals surface area contributed by atoms with Crippen molar-refractivity contribution in [2.75, 3.05) is 11.9 Å². The van der Waals surface area contributed by atoms with Crippen molar-refractivity contribution < 1.29 is 10.1 Å². The van der Waals surface area contributed by atoms with Gasteiger partial charge in [0.05, 0.1) is 0 Å². The Labute approximate surface area is 149 Å². The molecule has 0 fully saturated rings. The van der Waals surface area contributed by atoms with Gasteiger partial charge >= 0.3 is 0 Å². The van der Waals surface area contributed by atoms with E-state index in [1.165, 1.54) is 5.56 Å². The number of nitrogens with one attached hydrogen (secondary N) is 1. The van der Waals surface area contributed by atoms with Crippen LogP contribution in [0, 0.1) is 0 Å². The second-order valence-corrected chi connectivity index (χ2v) is 6.60. The van der Waals surface area contributed by atoms with Gasteiger partial charge in [-0.3, -0.25) is 4.79 Å². The van der Waals surface area contributed by atoms with E-state index in [1.807, 2.05) is 47.8 Å². The first-order valence-corrected chi connectivity index (χ1v) is 8.87. The average molecular weight is 346 g/mol. The van der Waals surface area contributed by atoms with E-state index in [1.54, 1.807) is 0 Å². The highest BCUT2D eigenvalue weighted by molar-refractivity contribution is 6.31. The fourth-order valence-corrected chi connectivity index (χ4v) is 3.02. The molecule has 3 nitrogen and oxygen atoms in total. The predicted octanol–water partition coefficient (Wildman–Crippen LogP) is 4.12. The van der Waals surface area contributed by atoms with Gasteiger partial charge in [-0.25, -0.2) is 0 Å². The summed E-state index contributed by atoms with van der Waals surface area (Å²) in [6, 6.07) is 15.9. The van der Waals surface area contributed by atoms with E-state index in [-0.39, 0.29) is 11.9 Å². The van der Waals surface area contributed by atoms with Crippen molar-refractivity contribution in [3.8, 4) is 0 Å². The Morgan fingerprint density at radius 2 is 1.71 bits per heavy atom. The van der Waals surface area contributed by atoms with Gasteiger partial charge < -0.3 is 10.6 Å². The molecule has 0 aliphatic rings. The van der Waals surface area contributed by atoms with Crippen molar-refractivity contribution in [1.82, 2.24) is 0 Å². The zero-order chi connectivity index (χ0) is 17.5. The Hall–Kier alpha value is -1.84. The average Bonchev–Trinajstić information content (AvgIpc) is 2.60. The summed E-state index contributed by atoms with van der Waals surface area (Å²) in [4.78, 5) is 12.3. The maximum atomic E-state index is 12.3. The molecule has 2 aromatic rings. The molecule has 0 saturated heterocycles. The van der Waals surface area contributed by atoms with Crippen molar-refractivity contribution in [2.24, 2.45) is 0 Å². The molecular formula is C20H26ClN2O+. The van der Waals surface area contributed by atoms with Crippen LogP contribution in [0.2, 0.25) is 5.02 Å². The zero-order valence-electron chi connectivity index (χ0n) is 14.6. The smallest absolute Gasteiger partial charge is 0.279 e. The molecule has 4 heteroatoms. The lowest BCUT2D eigenvalue weighted by Gasteiger charge is -2.16. The Morgan fingerprint density at radius 1 is 1.08 bits per heavy atom. The molecule has 2 atom stereocenters. The van der Waals surface area contributed by atoms with Gasteiger partial charge in [0, 0.05) is 16.3 Å². The molecule has 0 aliphatic carbocycles. The number of halogens is 1. The summed E-state index contributed by atoms with van der Waals surface area (Å²) < 4.78 is 0. The molecule has 128 valence electrons. The van der Waals surface area contributed by atoms with Crippen LogP contribution in [-0.4, -0.2) is 12.5 Å². The molecule has 0 spiro atoms. The van der Waals surface area contributed by atoms with E-state index >= 15 is 0 Å². The number of rotatable bonds is 7. The summed E-state index contributed by atoms with van der Waals surface area (Å²) in [6.07, 6.45) is 1.04. The standard InChI is InChI=1S/C20H25ClN2O/c1-4-14(2)16-9-6-8-12-19(16)23-20(24)13-22-15(3)17-10-5-7-11-18(17)21/h5-12,14-15,22H,4,13H2,1-3H3,(H,23,24)/p+1/t14-,15-/m1/s1. The first-order valence-electron chi connectivity index (χ1n) is 8.49. The van der Waals surface area contributed by atoms with Gasteiger partial charge in [-0.15, -0.1) is 0 Å². The van der Waals surface area contributed by atoms with Crippen molar-refractivity contribution >= 4 is 23.2 Å². The quantitative estimate of drug-likeness (QED) is 0.779. The molecule has 2 aromatic carbocycles. The molecule has 0 heterocycles. The SMILES string of the molecule is CC[C@@H](C)c1ccccc1NC(=O)C[NH2+][C@H](C)c1ccccc1Cl. The lowest BCUT2D eigenvalue weighted by molar-refractivity contribution is -0.682. The highest BCUT2D eigenvalue weighted by Gasteiger charge is 2.15. The molecule has 1 amide bonds. The van der Waals surface area contributed by atoms with Gasteiger partial charge in [0.1, 0.15) is 6.04 Å². The van der Waals surface area contributed by atoms with E-state index < -0.39 is 0 Å². The van der Waals surface area contributed by atoms with Crippen LogP contribution >= 0.6 is 11.6 Å². The molecular weight excluding hydrogens is 320 g/mol. The summed E-state index contributed by atoms with van der Waals surface area (Å²) in [5.41, 5.74) is 3.15. The van der Waals surface area contributed by atoms with Crippen LogP contribution in [0.4, 0.5) is 5.69 Å². The molecule has 0 radical (unpaired) electrons. The molecule has 24 heavy (non-hydrogen) atoms. The number of carbonyl (C=O) groups is 1. The number of nitrogens with two attached hydrogens (primary N) is 1. The van der Waals surface area contributed by atoms with Gasteiger partial charge in [-0.1, -0.05) is 61.8 Å². The van der Waals surface area contributed by atoms with Crippen molar-refractivity contribution in [3.05, 3.63) is 64.7 Å². The number of quaternary nitrogens is 1. The molecule has 0 aliphatic heterocycles. The van der Waals surface area contributed by atoms with Crippen LogP contribution in [0.15, 0.2) is 48.5 Å². The van der Waals surface area contributed by atoms with Crippen molar-refractivity contribution in [2.45, 2.75) is 39.2 Å². The fraction of sp³-hybridized carbons (Fsp3) is 0.350. The van der Waals surface area contributed by atoms with Crippen LogP contribution < -0.4 is 10.6 Å². The van der Waals surface area contributed by atoms with Crippen LogP contribution in [0.3, 0.4) is 0 Å². The number of anilines is 1. The first-order chi connectivity index (χ1) is 11.5. The van der Waals surface area contributed by atoms with Gasteiger partial charge in [-0.05, 0) is 37.0 Å². The second kappa shape index (κ2) is 8.86. The largest absolute Gasteiger partial charge is 0.332 e. The Kier molecular flexibility index (Phi) is 6.83.